The van der Waals surface area contributed by atoms with Crippen LogP contribution in [0.5, 0.6) is 0 Å². The summed E-state index contributed by atoms with van der Waals surface area (Å²) in [6.07, 6.45) is 4.33. The van der Waals surface area contributed by atoms with Crippen LogP contribution in [-0.4, -0.2) is 28.5 Å². The fraction of sp³-hybridized carbons (Fsp3) is 0.111. The van der Waals surface area contributed by atoms with Crippen LogP contribution in [0.1, 0.15) is 0 Å². The van der Waals surface area contributed by atoms with Crippen LogP contribution in [0.15, 0.2) is 53.2 Å². The number of aromatic nitrogens is 2. The van der Waals surface area contributed by atoms with Gasteiger partial charge in [0.05, 0.1) is 21.9 Å². The molecule has 132 valence electrons. The van der Waals surface area contributed by atoms with Crippen LogP contribution in [-0.2, 0) is 0 Å². The molecule has 0 amide bonds. The highest BCUT2D eigenvalue weighted by atomic mass is 35.5. The fourth-order valence-electron chi connectivity index (χ4n) is 2.67. The number of fused-ring (bicyclic) bond motifs is 1. The van der Waals surface area contributed by atoms with Crippen molar-refractivity contribution in [1.82, 2.24) is 14.5 Å². The molecule has 2 aromatic heterocycles. The minimum absolute atomic E-state index is 0.226. The van der Waals surface area contributed by atoms with Crippen molar-refractivity contribution in [3.63, 3.8) is 0 Å². The van der Waals surface area contributed by atoms with Crippen LogP contribution in [0.2, 0.25) is 5.02 Å². The van der Waals surface area contributed by atoms with Crippen molar-refractivity contribution in [2.75, 3.05) is 14.1 Å². The van der Waals surface area contributed by atoms with Gasteiger partial charge in [-0.25, -0.2) is 4.98 Å². The number of rotatable bonds is 4. The van der Waals surface area contributed by atoms with Crippen LogP contribution >= 0.6 is 22.9 Å². The number of nitrogens with zero attached hydrogens (tertiary/aromatic N) is 4. The summed E-state index contributed by atoms with van der Waals surface area (Å²) in [6, 6.07) is 6.90. The van der Waals surface area contributed by atoms with Gasteiger partial charge in [0.1, 0.15) is 11.0 Å². The molecule has 8 heteroatoms. The van der Waals surface area contributed by atoms with Crippen molar-refractivity contribution in [3.8, 4) is 5.69 Å². The summed E-state index contributed by atoms with van der Waals surface area (Å²) in [7, 11) is 3.71. The van der Waals surface area contributed by atoms with E-state index >= 15 is 0 Å². The molecule has 0 spiro atoms. The Morgan fingerprint density at radius 3 is 2.62 bits per heavy atom. The minimum atomic E-state index is -0.226. The molecule has 26 heavy (non-hydrogen) atoms. The molecule has 0 saturated carbocycles. The number of nitroso groups, excluding NO2 is 1. The van der Waals surface area contributed by atoms with E-state index in [0.717, 1.165) is 5.70 Å². The van der Waals surface area contributed by atoms with Gasteiger partial charge >= 0.3 is 0 Å². The molecule has 0 saturated heterocycles. The van der Waals surface area contributed by atoms with Crippen molar-refractivity contribution in [2.24, 2.45) is 5.18 Å². The molecule has 0 atom stereocenters. The van der Waals surface area contributed by atoms with Gasteiger partial charge in [0.25, 0.3) is 5.56 Å². The molecule has 2 heterocycles. The maximum absolute atomic E-state index is 13.0. The lowest BCUT2D eigenvalue weighted by molar-refractivity contribution is 0.592. The lowest BCUT2D eigenvalue weighted by Crippen LogP contribution is -2.28. The summed E-state index contributed by atoms with van der Waals surface area (Å²) in [4.78, 5) is 30.1. The Morgan fingerprint density at radius 2 is 2.04 bits per heavy atom. The first kappa shape index (κ1) is 18.0. The molecule has 0 N–H and O–H groups in total. The van der Waals surface area contributed by atoms with Crippen molar-refractivity contribution in [2.45, 2.75) is 0 Å². The van der Waals surface area contributed by atoms with E-state index in [1.54, 1.807) is 30.3 Å². The Balaban J connectivity index is 2.45. The second-order valence-electron chi connectivity index (χ2n) is 5.63. The monoisotopic (exact) mass is 386 g/mol. The third-order valence-electron chi connectivity index (χ3n) is 3.83. The molecule has 0 fully saturated rings. The van der Waals surface area contributed by atoms with Gasteiger partial charge in [-0.05, 0) is 35.5 Å². The summed E-state index contributed by atoms with van der Waals surface area (Å²) < 4.78 is 2.45. The summed E-state index contributed by atoms with van der Waals surface area (Å²) >= 11 is 7.09. The third-order valence-corrected chi connectivity index (χ3v) is 5.19. The van der Waals surface area contributed by atoms with Crippen molar-refractivity contribution >= 4 is 45.1 Å². The normalized spacial score (nSPS) is 13.0. The first-order valence-corrected chi connectivity index (χ1v) is 8.80. The van der Waals surface area contributed by atoms with E-state index < -0.39 is 0 Å². The summed E-state index contributed by atoms with van der Waals surface area (Å²) in [5.74, 6) is 0. The molecule has 1 aromatic carbocycles. The Bertz CT molecular complexity index is 1180. The van der Waals surface area contributed by atoms with E-state index in [1.165, 1.54) is 28.4 Å². The van der Waals surface area contributed by atoms with Crippen molar-refractivity contribution in [1.29, 1.82) is 0 Å². The Hall–Kier alpha value is -2.77. The number of thiophene rings is 1. The maximum Gasteiger partial charge on any atom is 0.275 e. The van der Waals surface area contributed by atoms with Gasteiger partial charge in [0, 0.05) is 30.0 Å². The van der Waals surface area contributed by atoms with Crippen LogP contribution in [0.3, 0.4) is 0 Å². The van der Waals surface area contributed by atoms with Crippen molar-refractivity contribution < 1.29 is 0 Å². The zero-order valence-corrected chi connectivity index (χ0v) is 15.7. The highest BCUT2D eigenvalue weighted by molar-refractivity contribution is 7.16. The van der Waals surface area contributed by atoms with E-state index in [4.69, 9.17) is 11.6 Å². The van der Waals surface area contributed by atoms with Crippen LogP contribution in [0, 0.1) is 4.91 Å². The minimum Gasteiger partial charge on any atom is -0.377 e. The van der Waals surface area contributed by atoms with Crippen LogP contribution in [0.4, 0.5) is 0 Å². The SMILES string of the molecule is C=C/C(=c1\c(=C/N=O)sc2c(=O)n(-c3ccc(Cl)cc3)cnc12)N(C)C. The van der Waals surface area contributed by atoms with Crippen LogP contribution in [0.25, 0.3) is 27.8 Å². The van der Waals surface area contributed by atoms with Crippen molar-refractivity contribution in [3.05, 3.63) is 73.3 Å². The number of hydrogen-bond donors (Lipinski definition) is 0. The second kappa shape index (κ2) is 7.23. The van der Waals surface area contributed by atoms with Gasteiger partial charge in [0.2, 0.25) is 0 Å². The quantitative estimate of drug-likeness (QED) is 0.646. The Kier molecular flexibility index (Phi) is 5.01. The predicted octanol–water partition coefficient (Wildman–Crippen LogP) is 2.46. The molecule has 0 aliphatic heterocycles. The molecule has 0 aliphatic rings. The zero-order valence-electron chi connectivity index (χ0n) is 14.1. The third kappa shape index (κ3) is 3.07. The molecular weight excluding hydrogens is 372 g/mol. The largest absolute Gasteiger partial charge is 0.377 e. The topological polar surface area (TPSA) is 67.6 Å². The van der Waals surface area contributed by atoms with E-state index in [2.05, 4.69) is 16.7 Å². The molecule has 3 rings (SSSR count). The predicted molar refractivity (Wildman–Crippen MR) is 107 cm³/mol. The van der Waals surface area contributed by atoms with Gasteiger partial charge in [-0.15, -0.1) is 16.2 Å². The average Bonchev–Trinajstić information content (AvgIpc) is 2.96. The number of likely N-dealkylation sites (N-methyl/N-ethyl adjacent to an activating group) is 1. The van der Waals surface area contributed by atoms with E-state index in [0.29, 0.717) is 30.7 Å². The lowest BCUT2D eigenvalue weighted by Gasteiger charge is -2.12. The first-order chi connectivity index (χ1) is 12.5. The first-order valence-electron chi connectivity index (χ1n) is 7.60. The smallest absolute Gasteiger partial charge is 0.275 e. The van der Waals surface area contributed by atoms with E-state index in [-0.39, 0.29) is 5.56 Å². The van der Waals surface area contributed by atoms with Gasteiger partial charge in [-0.3, -0.25) is 9.36 Å². The van der Waals surface area contributed by atoms with Gasteiger partial charge in [-0.1, -0.05) is 18.2 Å². The molecular formula is C18H15ClN4O2S. The van der Waals surface area contributed by atoms with Crippen LogP contribution < -0.4 is 15.3 Å². The maximum atomic E-state index is 13.0. The molecule has 6 nitrogen and oxygen atoms in total. The number of halogens is 1. The summed E-state index contributed by atoms with van der Waals surface area (Å²) in [5, 5.41) is 4.13. The van der Waals surface area contributed by atoms with Gasteiger partial charge < -0.3 is 4.90 Å². The van der Waals surface area contributed by atoms with Gasteiger partial charge in [-0.2, -0.15) is 0 Å². The van der Waals surface area contributed by atoms with E-state index in [1.807, 2.05) is 19.0 Å². The number of benzene rings is 1. The molecule has 0 aliphatic carbocycles. The Morgan fingerprint density at radius 1 is 1.35 bits per heavy atom. The summed E-state index contributed by atoms with van der Waals surface area (Å²) in [5.41, 5.74) is 1.70. The Labute approximate surface area is 157 Å². The molecule has 0 radical (unpaired) electrons. The highest BCUT2D eigenvalue weighted by Gasteiger charge is 2.13. The molecule has 0 bridgehead atoms. The van der Waals surface area contributed by atoms with E-state index in [9.17, 15) is 9.70 Å². The number of hydrogen-bond acceptors (Lipinski definition) is 6. The lowest BCUT2D eigenvalue weighted by atomic mass is 10.2. The highest BCUT2D eigenvalue weighted by Crippen LogP contribution is 2.14. The fourth-order valence-corrected chi connectivity index (χ4v) is 3.85. The molecule has 0 unspecified atom stereocenters. The summed E-state index contributed by atoms with van der Waals surface area (Å²) in [6.45, 7) is 3.82. The zero-order chi connectivity index (χ0) is 18.8. The second-order valence-corrected chi connectivity index (χ2v) is 7.12. The molecule has 3 aromatic rings. The average molecular weight is 387 g/mol. The standard InChI is InChI=1S/C18H15ClN4O2S/c1-4-13(22(2)3)15-14(9-21-25)26-17-16(15)20-10-23(18(17)24)12-7-5-11(19)6-8-12/h4-10H,1H2,2-3H3/b14-9+,15-13-. The van der Waals surface area contributed by atoms with Gasteiger partial charge in [0.15, 0.2) is 0 Å².